The third-order valence-electron chi connectivity index (χ3n) is 3.01. The number of amides is 1. The summed E-state index contributed by atoms with van der Waals surface area (Å²) >= 11 is 0. The molecule has 21 heavy (non-hydrogen) atoms. The Kier molecular flexibility index (Phi) is 5.01. The summed E-state index contributed by atoms with van der Waals surface area (Å²) in [6.45, 7) is 7.28. The van der Waals surface area contributed by atoms with Gasteiger partial charge >= 0.3 is 0 Å². The van der Waals surface area contributed by atoms with E-state index >= 15 is 0 Å². The molecule has 1 rings (SSSR count). The van der Waals surface area contributed by atoms with E-state index in [1.807, 2.05) is 19.9 Å². The number of anilines is 1. The second-order valence-electron chi connectivity index (χ2n) is 5.96. The predicted molar refractivity (Wildman–Crippen MR) is 84.7 cm³/mol. The second kappa shape index (κ2) is 6.03. The van der Waals surface area contributed by atoms with Gasteiger partial charge in [0.05, 0.1) is 6.26 Å². The molecular weight excluding hydrogens is 290 g/mol. The minimum atomic E-state index is -3.34. The average molecular weight is 313 g/mol. The van der Waals surface area contributed by atoms with Crippen LogP contribution in [-0.4, -0.2) is 32.7 Å². The van der Waals surface area contributed by atoms with Crippen molar-refractivity contribution >= 4 is 21.6 Å². The van der Waals surface area contributed by atoms with E-state index in [1.54, 1.807) is 19.9 Å². The van der Waals surface area contributed by atoms with Crippen molar-refractivity contribution in [2.45, 2.75) is 33.2 Å². The van der Waals surface area contributed by atoms with E-state index in [1.165, 1.54) is 0 Å². The summed E-state index contributed by atoms with van der Waals surface area (Å²) in [6, 6.07) is 3.49. The van der Waals surface area contributed by atoms with Gasteiger partial charge in [-0.3, -0.25) is 4.79 Å². The summed E-state index contributed by atoms with van der Waals surface area (Å²) in [5, 5.41) is 2.73. The molecule has 0 heterocycles. The van der Waals surface area contributed by atoms with Crippen LogP contribution >= 0.6 is 0 Å². The highest BCUT2D eigenvalue weighted by atomic mass is 32.2. The zero-order chi connectivity index (χ0) is 16.4. The van der Waals surface area contributed by atoms with Crippen LogP contribution < -0.4 is 15.8 Å². The summed E-state index contributed by atoms with van der Waals surface area (Å²) in [5.41, 5.74) is 7.85. The normalized spacial score (nSPS) is 12.2. The lowest BCUT2D eigenvalue weighted by Crippen LogP contribution is -2.51. The van der Waals surface area contributed by atoms with E-state index < -0.39 is 15.6 Å². The number of carbonyl (C=O) groups excluding carboxylic acids is 1. The Balaban J connectivity index is 2.81. The van der Waals surface area contributed by atoms with E-state index in [0.717, 1.165) is 17.4 Å². The quantitative estimate of drug-likeness (QED) is 0.704. The van der Waals surface area contributed by atoms with E-state index in [4.69, 9.17) is 5.73 Å². The monoisotopic (exact) mass is 313 g/mol. The molecule has 0 fully saturated rings. The highest BCUT2D eigenvalue weighted by Gasteiger charge is 2.23. The number of nitrogens with one attached hydrogen (secondary N) is 2. The maximum Gasteiger partial charge on any atom is 0.251 e. The molecule has 0 spiro atoms. The second-order valence-corrected chi connectivity index (χ2v) is 7.71. The van der Waals surface area contributed by atoms with Crippen LogP contribution in [-0.2, 0) is 10.0 Å². The molecular formula is C14H23N3O3S. The van der Waals surface area contributed by atoms with Crippen LogP contribution in [0.25, 0.3) is 0 Å². The molecule has 1 aromatic carbocycles. The molecule has 1 aromatic rings. The molecule has 0 atom stereocenters. The standard InChI is InChI=1S/C14H23N3O3S/c1-9-6-10(2)12(15)7-11(9)13(18)16-8-14(3,4)17-21(5,19)20/h6-7,17H,8,15H2,1-5H3,(H,16,18). The largest absolute Gasteiger partial charge is 0.398 e. The van der Waals surface area contributed by atoms with Crippen molar-refractivity contribution in [3.63, 3.8) is 0 Å². The topological polar surface area (TPSA) is 101 Å². The number of hydrogen-bond donors (Lipinski definition) is 3. The fraction of sp³-hybridized carbons (Fsp3) is 0.500. The maximum atomic E-state index is 12.2. The SMILES string of the molecule is Cc1cc(C)c(C(=O)NCC(C)(C)NS(C)(=O)=O)cc1N. The molecule has 1 amide bonds. The Labute approximate surface area is 126 Å². The number of nitrogen functional groups attached to an aromatic ring is 1. The van der Waals surface area contributed by atoms with Crippen LogP contribution in [0.5, 0.6) is 0 Å². The van der Waals surface area contributed by atoms with Crippen LogP contribution in [0.3, 0.4) is 0 Å². The number of hydrogen-bond acceptors (Lipinski definition) is 4. The first-order valence-electron chi connectivity index (χ1n) is 6.55. The first kappa shape index (κ1) is 17.5. The van der Waals surface area contributed by atoms with Crippen molar-refractivity contribution in [3.8, 4) is 0 Å². The molecule has 0 bridgehead atoms. The number of nitrogens with two attached hydrogens (primary N) is 1. The van der Waals surface area contributed by atoms with Crippen LogP contribution in [0.2, 0.25) is 0 Å². The van der Waals surface area contributed by atoms with Gasteiger partial charge in [-0.15, -0.1) is 0 Å². The Bertz CT molecular complexity index is 652. The van der Waals surface area contributed by atoms with Crippen LogP contribution in [0.15, 0.2) is 12.1 Å². The van der Waals surface area contributed by atoms with Crippen molar-refractivity contribution in [1.82, 2.24) is 10.0 Å². The zero-order valence-electron chi connectivity index (χ0n) is 13.1. The minimum absolute atomic E-state index is 0.173. The molecule has 0 saturated carbocycles. The van der Waals surface area contributed by atoms with Crippen molar-refractivity contribution in [2.75, 3.05) is 18.5 Å². The molecule has 0 aliphatic carbocycles. The third kappa shape index (κ3) is 5.35. The lowest BCUT2D eigenvalue weighted by Gasteiger charge is -2.25. The van der Waals surface area contributed by atoms with Gasteiger partial charge < -0.3 is 11.1 Å². The maximum absolute atomic E-state index is 12.2. The summed E-state index contributed by atoms with van der Waals surface area (Å²) in [6.07, 6.45) is 1.08. The molecule has 0 aromatic heterocycles. The van der Waals surface area contributed by atoms with Crippen molar-refractivity contribution in [3.05, 3.63) is 28.8 Å². The van der Waals surface area contributed by atoms with Gasteiger partial charge in [0.2, 0.25) is 10.0 Å². The molecule has 0 saturated heterocycles. The first-order valence-corrected chi connectivity index (χ1v) is 8.44. The Hall–Kier alpha value is -1.60. The third-order valence-corrected chi connectivity index (χ3v) is 3.93. The minimum Gasteiger partial charge on any atom is -0.398 e. The lowest BCUT2D eigenvalue weighted by molar-refractivity contribution is 0.0944. The summed E-state index contributed by atoms with van der Waals surface area (Å²) < 4.78 is 25.0. The molecule has 0 unspecified atom stereocenters. The Morgan fingerprint density at radius 2 is 1.81 bits per heavy atom. The van der Waals surface area contributed by atoms with Gasteiger partial charge in [0.1, 0.15) is 0 Å². The van der Waals surface area contributed by atoms with E-state index in [-0.39, 0.29) is 12.5 Å². The molecule has 0 aliphatic rings. The predicted octanol–water partition coefficient (Wildman–Crippen LogP) is 0.943. The van der Waals surface area contributed by atoms with E-state index in [2.05, 4.69) is 10.0 Å². The van der Waals surface area contributed by atoms with Gasteiger partial charge in [-0.05, 0) is 44.9 Å². The molecule has 0 radical (unpaired) electrons. The molecule has 0 aliphatic heterocycles. The molecule has 7 heteroatoms. The summed E-state index contributed by atoms with van der Waals surface area (Å²) in [7, 11) is -3.34. The smallest absolute Gasteiger partial charge is 0.251 e. The molecule has 118 valence electrons. The zero-order valence-corrected chi connectivity index (χ0v) is 13.9. The van der Waals surface area contributed by atoms with Crippen molar-refractivity contribution in [2.24, 2.45) is 0 Å². The molecule has 4 N–H and O–H groups in total. The van der Waals surface area contributed by atoms with Gasteiger partial charge in [-0.1, -0.05) is 6.07 Å². The van der Waals surface area contributed by atoms with Gasteiger partial charge in [0.25, 0.3) is 5.91 Å². The Morgan fingerprint density at radius 1 is 1.24 bits per heavy atom. The fourth-order valence-electron chi connectivity index (χ4n) is 2.05. The van der Waals surface area contributed by atoms with Crippen LogP contribution in [0.4, 0.5) is 5.69 Å². The summed E-state index contributed by atoms with van der Waals surface area (Å²) in [5.74, 6) is -0.275. The first-order chi connectivity index (χ1) is 9.41. The van der Waals surface area contributed by atoms with Crippen LogP contribution in [0, 0.1) is 13.8 Å². The summed E-state index contributed by atoms with van der Waals surface area (Å²) in [4.78, 5) is 12.2. The number of benzene rings is 1. The fourth-order valence-corrected chi connectivity index (χ4v) is 3.12. The lowest BCUT2D eigenvalue weighted by atomic mass is 10.0. The van der Waals surface area contributed by atoms with E-state index in [9.17, 15) is 13.2 Å². The number of aryl methyl sites for hydroxylation is 2. The molecule has 6 nitrogen and oxygen atoms in total. The number of rotatable bonds is 5. The van der Waals surface area contributed by atoms with Crippen molar-refractivity contribution < 1.29 is 13.2 Å². The van der Waals surface area contributed by atoms with Crippen molar-refractivity contribution in [1.29, 1.82) is 0 Å². The highest BCUT2D eigenvalue weighted by molar-refractivity contribution is 7.88. The van der Waals surface area contributed by atoms with Gasteiger partial charge in [0, 0.05) is 23.3 Å². The number of sulfonamides is 1. The Morgan fingerprint density at radius 3 is 2.33 bits per heavy atom. The average Bonchev–Trinajstić information content (AvgIpc) is 2.28. The van der Waals surface area contributed by atoms with Gasteiger partial charge in [0.15, 0.2) is 0 Å². The van der Waals surface area contributed by atoms with Gasteiger partial charge in [-0.2, -0.15) is 0 Å². The highest BCUT2D eigenvalue weighted by Crippen LogP contribution is 2.17. The van der Waals surface area contributed by atoms with Gasteiger partial charge in [-0.25, -0.2) is 13.1 Å². The number of carbonyl (C=O) groups is 1. The van der Waals surface area contributed by atoms with Crippen LogP contribution in [0.1, 0.15) is 35.3 Å². The van der Waals surface area contributed by atoms with E-state index in [0.29, 0.717) is 11.3 Å².